The summed E-state index contributed by atoms with van der Waals surface area (Å²) in [4.78, 5) is 36.4. The number of aldehydes is 1. The molecular formula is C16H24O6. The van der Waals surface area contributed by atoms with Crippen LogP contribution in [0, 0.1) is 11.3 Å². The van der Waals surface area contributed by atoms with Crippen molar-refractivity contribution in [2.75, 3.05) is 19.8 Å². The second kappa shape index (κ2) is 6.77. The van der Waals surface area contributed by atoms with Crippen LogP contribution in [-0.2, 0) is 28.6 Å². The number of ether oxygens (including phenoxy) is 3. The maximum absolute atomic E-state index is 12.5. The van der Waals surface area contributed by atoms with Gasteiger partial charge in [0.15, 0.2) is 5.41 Å². The summed E-state index contributed by atoms with van der Waals surface area (Å²) in [6, 6.07) is 0. The lowest BCUT2D eigenvalue weighted by atomic mass is 9.62. The van der Waals surface area contributed by atoms with E-state index in [1.54, 1.807) is 13.8 Å². The molecule has 0 amide bonds. The molecule has 0 bridgehead atoms. The van der Waals surface area contributed by atoms with Crippen LogP contribution >= 0.6 is 0 Å². The predicted octanol–water partition coefficient (Wildman–Crippen LogP) is 1.65. The third-order valence-electron chi connectivity index (χ3n) is 4.79. The summed E-state index contributed by atoms with van der Waals surface area (Å²) in [6.45, 7) is 4.35. The Kier molecular flexibility index (Phi) is 5.21. The summed E-state index contributed by atoms with van der Waals surface area (Å²) >= 11 is 0. The predicted molar refractivity (Wildman–Crippen MR) is 77.0 cm³/mol. The molecule has 2 rings (SSSR count). The van der Waals surface area contributed by atoms with Gasteiger partial charge in [0.25, 0.3) is 0 Å². The lowest BCUT2D eigenvalue weighted by molar-refractivity contribution is -0.188. The first-order valence-electron chi connectivity index (χ1n) is 7.98. The molecule has 1 heterocycles. The molecule has 1 saturated heterocycles. The van der Waals surface area contributed by atoms with Crippen molar-refractivity contribution in [3.63, 3.8) is 0 Å². The van der Waals surface area contributed by atoms with E-state index in [-0.39, 0.29) is 32.0 Å². The fourth-order valence-electron chi connectivity index (χ4n) is 3.71. The van der Waals surface area contributed by atoms with Gasteiger partial charge in [-0.15, -0.1) is 0 Å². The molecule has 2 fully saturated rings. The second-order valence-corrected chi connectivity index (χ2v) is 6.00. The topological polar surface area (TPSA) is 78.9 Å². The average molecular weight is 312 g/mol. The minimum atomic E-state index is -1.35. The molecule has 0 N–H and O–H groups in total. The van der Waals surface area contributed by atoms with Gasteiger partial charge in [0.05, 0.1) is 18.8 Å². The minimum Gasteiger partial charge on any atom is -0.465 e. The molecule has 0 aromatic rings. The van der Waals surface area contributed by atoms with Crippen molar-refractivity contribution in [3.05, 3.63) is 0 Å². The molecule has 1 aliphatic carbocycles. The fourth-order valence-corrected chi connectivity index (χ4v) is 3.71. The van der Waals surface area contributed by atoms with Crippen LogP contribution in [0.4, 0.5) is 0 Å². The zero-order valence-electron chi connectivity index (χ0n) is 13.3. The smallest absolute Gasteiger partial charge is 0.323 e. The van der Waals surface area contributed by atoms with Crippen molar-refractivity contribution < 1.29 is 28.6 Å². The molecule has 2 atom stereocenters. The first-order valence-corrected chi connectivity index (χ1v) is 7.98. The van der Waals surface area contributed by atoms with Gasteiger partial charge in [-0.1, -0.05) is 0 Å². The minimum absolute atomic E-state index is 0.168. The Labute approximate surface area is 130 Å². The van der Waals surface area contributed by atoms with Gasteiger partial charge in [0.1, 0.15) is 6.29 Å². The van der Waals surface area contributed by atoms with E-state index >= 15 is 0 Å². The zero-order valence-corrected chi connectivity index (χ0v) is 13.3. The van der Waals surface area contributed by atoms with Gasteiger partial charge >= 0.3 is 11.9 Å². The Morgan fingerprint density at radius 2 is 1.82 bits per heavy atom. The Balaban J connectivity index is 2.35. The molecule has 2 aliphatic rings. The average Bonchev–Trinajstić information content (AvgIpc) is 2.96. The highest BCUT2D eigenvalue weighted by atomic mass is 16.6. The maximum Gasteiger partial charge on any atom is 0.323 e. The van der Waals surface area contributed by atoms with Crippen molar-refractivity contribution >= 4 is 18.2 Å². The summed E-state index contributed by atoms with van der Waals surface area (Å²) in [5.74, 6) is -1.41. The molecule has 1 spiro atoms. The molecule has 6 nitrogen and oxygen atoms in total. The molecule has 0 aromatic carbocycles. The van der Waals surface area contributed by atoms with Gasteiger partial charge in [-0.2, -0.15) is 0 Å². The highest BCUT2D eigenvalue weighted by Crippen LogP contribution is 2.51. The van der Waals surface area contributed by atoms with Crippen LogP contribution in [-0.4, -0.2) is 43.6 Å². The lowest BCUT2D eigenvalue weighted by Gasteiger charge is -2.45. The lowest BCUT2D eigenvalue weighted by Crippen LogP contribution is -2.55. The molecule has 0 aromatic heterocycles. The number of hydrogen-bond donors (Lipinski definition) is 0. The van der Waals surface area contributed by atoms with Gasteiger partial charge < -0.3 is 19.0 Å². The molecule has 6 heteroatoms. The summed E-state index contributed by atoms with van der Waals surface area (Å²) in [6.07, 6.45) is 3.26. The van der Waals surface area contributed by atoms with Crippen molar-refractivity contribution in [1.82, 2.24) is 0 Å². The van der Waals surface area contributed by atoms with Gasteiger partial charge in [0, 0.05) is 18.9 Å². The zero-order chi connectivity index (χ0) is 16.2. The molecular weight excluding hydrogens is 288 g/mol. The number of carbonyl (C=O) groups excluding carboxylic acids is 3. The van der Waals surface area contributed by atoms with Gasteiger partial charge in [-0.25, -0.2) is 0 Å². The molecule has 22 heavy (non-hydrogen) atoms. The van der Waals surface area contributed by atoms with Crippen molar-refractivity contribution in [2.45, 2.75) is 51.6 Å². The van der Waals surface area contributed by atoms with Gasteiger partial charge in [0.2, 0.25) is 0 Å². The van der Waals surface area contributed by atoms with E-state index < -0.39 is 23.0 Å². The van der Waals surface area contributed by atoms with Gasteiger partial charge in [-0.05, 0) is 39.5 Å². The van der Waals surface area contributed by atoms with Gasteiger partial charge in [-0.3, -0.25) is 9.59 Å². The fraction of sp³-hybridized carbons (Fsp3) is 0.812. The number of esters is 2. The first-order chi connectivity index (χ1) is 10.5. The van der Waals surface area contributed by atoms with E-state index in [1.807, 2.05) is 0 Å². The number of rotatable bonds is 5. The van der Waals surface area contributed by atoms with Crippen molar-refractivity contribution in [1.29, 1.82) is 0 Å². The molecule has 1 saturated carbocycles. The second-order valence-electron chi connectivity index (χ2n) is 6.00. The standard InChI is InChI=1S/C16H24O6/c1-3-20-13(18)15(14(19)21-4-2)8-6-12(10-17)16(11-15)7-5-9-22-16/h10,12H,3-9,11H2,1-2H3/t12?,16-/m0/s1. The Morgan fingerprint density at radius 1 is 1.18 bits per heavy atom. The first kappa shape index (κ1) is 16.9. The third kappa shape index (κ3) is 2.76. The molecule has 0 radical (unpaired) electrons. The van der Waals surface area contributed by atoms with E-state index in [1.165, 1.54) is 0 Å². The van der Waals surface area contributed by atoms with Crippen molar-refractivity contribution in [3.8, 4) is 0 Å². The van der Waals surface area contributed by atoms with E-state index in [9.17, 15) is 14.4 Å². The largest absolute Gasteiger partial charge is 0.465 e. The summed E-state index contributed by atoms with van der Waals surface area (Å²) < 4.78 is 16.1. The summed E-state index contributed by atoms with van der Waals surface area (Å²) in [5, 5.41) is 0. The third-order valence-corrected chi connectivity index (χ3v) is 4.79. The highest BCUT2D eigenvalue weighted by molar-refractivity contribution is 6.00. The van der Waals surface area contributed by atoms with Crippen LogP contribution in [0.2, 0.25) is 0 Å². The Hall–Kier alpha value is -1.43. The molecule has 124 valence electrons. The van der Waals surface area contributed by atoms with E-state index in [0.717, 1.165) is 12.7 Å². The van der Waals surface area contributed by atoms with E-state index in [0.29, 0.717) is 19.4 Å². The summed E-state index contributed by atoms with van der Waals surface area (Å²) in [7, 11) is 0. The number of carbonyl (C=O) groups is 3. The van der Waals surface area contributed by atoms with E-state index in [2.05, 4.69) is 0 Å². The monoisotopic (exact) mass is 312 g/mol. The normalized spacial score (nSPS) is 30.0. The van der Waals surface area contributed by atoms with Crippen LogP contribution in [0.5, 0.6) is 0 Å². The highest BCUT2D eigenvalue weighted by Gasteiger charge is 2.60. The number of hydrogen-bond acceptors (Lipinski definition) is 6. The Morgan fingerprint density at radius 3 is 2.27 bits per heavy atom. The van der Waals surface area contributed by atoms with Crippen LogP contribution < -0.4 is 0 Å². The SMILES string of the molecule is CCOC(=O)C1(C(=O)OCC)CCC(C=O)[C@]2(CCCO2)C1. The van der Waals surface area contributed by atoms with E-state index in [4.69, 9.17) is 14.2 Å². The Bertz CT molecular complexity index is 420. The van der Waals surface area contributed by atoms with Crippen LogP contribution in [0.1, 0.15) is 46.0 Å². The van der Waals surface area contributed by atoms with Crippen LogP contribution in [0.3, 0.4) is 0 Å². The molecule has 1 aliphatic heterocycles. The van der Waals surface area contributed by atoms with Crippen LogP contribution in [0.25, 0.3) is 0 Å². The summed E-state index contributed by atoms with van der Waals surface area (Å²) in [5.41, 5.74) is -2.09. The quantitative estimate of drug-likeness (QED) is 0.436. The maximum atomic E-state index is 12.5. The van der Waals surface area contributed by atoms with Crippen LogP contribution in [0.15, 0.2) is 0 Å². The molecule has 1 unspecified atom stereocenters. The van der Waals surface area contributed by atoms with Crippen molar-refractivity contribution in [2.24, 2.45) is 11.3 Å².